The molecule has 0 bridgehead atoms. The average molecular weight is 347 g/mol. The second kappa shape index (κ2) is 8.76. The molecule has 1 aromatic carbocycles. The normalized spacial score (nSPS) is 10.9. The Morgan fingerprint density at radius 1 is 1.25 bits per heavy atom. The van der Waals surface area contributed by atoms with Crippen molar-refractivity contribution in [2.45, 2.75) is 26.2 Å². The van der Waals surface area contributed by atoms with Crippen molar-refractivity contribution in [3.63, 3.8) is 0 Å². The number of amides is 1. The smallest absolute Gasteiger partial charge is 0.274 e. The van der Waals surface area contributed by atoms with Crippen LogP contribution in [0.3, 0.4) is 0 Å². The van der Waals surface area contributed by atoms with Crippen LogP contribution in [0.15, 0.2) is 36.5 Å². The van der Waals surface area contributed by atoms with Crippen molar-refractivity contribution in [1.82, 2.24) is 14.9 Å². The molecule has 0 aliphatic rings. The lowest BCUT2D eigenvalue weighted by molar-refractivity contribution is 0.0756. The van der Waals surface area contributed by atoms with Gasteiger partial charge in [-0.15, -0.1) is 0 Å². The summed E-state index contributed by atoms with van der Waals surface area (Å²) in [6.45, 7) is 5.37. The zero-order chi connectivity index (χ0) is 17.5. The zero-order valence-electron chi connectivity index (χ0n) is 14.1. The Kier molecular flexibility index (Phi) is 6.70. The van der Waals surface area contributed by atoms with Crippen molar-refractivity contribution in [2.24, 2.45) is 5.73 Å². The van der Waals surface area contributed by atoms with Crippen LogP contribution in [0.4, 0.5) is 0 Å². The fourth-order valence-corrected chi connectivity index (χ4v) is 2.51. The van der Waals surface area contributed by atoms with Crippen LogP contribution in [-0.4, -0.2) is 40.4 Å². The molecule has 0 radical (unpaired) electrons. The molecule has 2 N–H and O–H groups in total. The third-order valence-corrected chi connectivity index (χ3v) is 3.96. The topological polar surface area (TPSA) is 72.1 Å². The molecule has 1 aromatic heterocycles. The van der Waals surface area contributed by atoms with Crippen LogP contribution in [0, 0.1) is 0 Å². The standard InChI is InChI=1S/C18H23ClN4O/c1-13(2)17-21-12-15(19)16(22-17)18(24)23(11-9-20)10-8-14-6-4-3-5-7-14/h3-7,12-13H,8-11,20H2,1-2H3. The number of rotatable bonds is 7. The number of hydrogen-bond acceptors (Lipinski definition) is 4. The lowest BCUT2D eigenvalue weighted by Crippen LogP contribution is -2.37. The highest BCUT2D eigenvalue weighted by atomic mass is 35.5. The molecule has 2 rings (SSSR count). The summed E-state index contributed by atoms with van der Waals surface area (Å²) in [6.07, 6.45) is 2.25. The van der Waals surface area contributed by atoms with E-state index in [9.17, 15) is 4.79 Å². The van der Waals surface area contributed by atoms with E-state index in [4.69, 9.17) is 17.3 Å². The van der Waals surface area contributed by atoms with Crippen LogP contribution in [0.2, 0.25) is 5.02 Å². The Labute approximate surface area is 147 Å². The Morgan fingerprint density at radius 2 is 1.96 bits per heavy atom. The Hall–Kier alpha value is -1.98. The summed E-state index contributed by atoms with van der Waals surface area (Å²) in [5.41, 5.74) is 7.09. The predicted molar refractivity (Wildman–Crippen MR) is 96.2 cm³/mol. The molecule has 0 saturated carbocycles. The summed E-state index contributed by atoms with van der Waals surface area (Å²) in [7, 11) is 0. The lowest BCUT2D eigenvalue weighted by Gasteiger charge is -2.22. The maximum absolute atomic E-state index is 12.8. The molecule has 1 amide bonds. The third kappa shape index (κ3) is 4.76. The molecule has 0 aliphatic carbocycles. The molecule has 0 fully saturated rings. The van der Waals surface area contributed by atoms with Gasteiger partial charge in [0.1, 0.15) is 5.82 Å². The van der Waals surface area contributed by atoms with Crippen LogP contribution in [0.25, 0.3) is 0 Å². The van der Waals surface area contributed by atoms with Crippen LogP contribution >= 0.6 is 11.6 Å². The van der Waals surface area contributed by atoms with Crippen molar-refractivity contribution in [2.75, 3.05) is 19.6 Å². The second-order valence-corrected chi connectivity index (χ2v) is 6.30. The number of nitrogens with zero attached hydrogens (tertiary/aromatic N) is 3. The van der Waals surface area contributed by atoms with Gasteiger partial charge in [0.05, 0.1) is 11.2 Å². The van der Waals surface area contributed by atoms with Crippen molar-refractivity contribution in [3.05, 3.63) is 58.6 Å². The van der Waals surface area contributed by atoms with E-state index in [0.29, 0.717) is 25.5 Å². The van der Waals surface area contributed by atoms with Gasteiger partial charge in [-0.05, 0) is 12.0 Å². The summed E-state index contributed by atoms with van der Waals surface area (Å²) < 4.78 is 0. The SMILES string of the molecule is CC(C)c1ncc(Cl)c(C(=O)N(CCN)CCc2ccccc2)n1. The largest absolute Gasteiger partial charge is 0.336 e. The molecule has 0 unspecified atom stereocenters. The molecule has 128 valence electrons. The minimum absolute atomic E-state index is 0.126. The molecule has 5 nitrogen and oxygen atoms in total. The molecule has 0 atom stereocenters. The quantitative estimate of drug-likeness (QED) is 0.836. The number of carbonyl (C=O) groups excluding carboxylic acids is 1. The first-order valence-electron chi connectivity index (χ1n) is 8.08. The van der Waals surface area contributed by atoms with Gasteiger partial charge in [-0.25, -0.2) is 9.97 Å². The first-order valence-corrected chi connectivity index (χ1v) is 8.46. The van der Waals surface area contributed by atoms with Gasteiger partial charge in [0.2, 0.25) is 0 Å². The Morgan fingerprint density at radius 3 is 2.58 bits per heavy atom. The van der Waals surface area contributed by atoms with Crippen LogP contribution < -0.4 is 5.73 Å². The molecular formula is C18H23ClN4O. The van der Waals surface area contributed by atoms with Gasteiger partial charge >= 0.3 is 0 Å². The number of halogens is 1. The molecular weight excluding hydrogens is 324 g/mol. The van der Waals surface area contributed by atoms with Crippen LogP contribution in [0.1, 0.15) is 41.6 Å². The van der Waals surface area contributed by atoms with Crippen molar-refractivity contribution in [1.29, 1.82) is 0 Å². The second-order valence-electron chi connectivity index (χ2n) is 5.90. The summed E-state index contributed by atoms with van der Waals surface area (Å²) in [5.74, 6) is 0.533. The monoisotopic (exact) mass is 346 g/mol. The number of carbonyl (C=O) groups is 1. The van der Waals surface area contributed by atoms with Crippen molar-refractivity contribution >= 4 is 17.5 Å². The molecule has 0 saturated heterocycles. The van der Waals surface area contributed by atoms with Gasteiger partial charge in [0.15, 0.2) is 5.69 Å². The molecule has 2 aromatic rings. The van der Waals surface area contributed by atoms with E-state index in [1.54, 1.807) is 4.90 Å². The van der Waals surface area contributed by atoms with Gasteiger partial charge in [-0.3, -0.25) is 4.79 Å². The third-order valence-electron chi connectivity index (χ3n) is 3.68. The van der Waals surface area contributed by atoms with Gasteiger partial charge in [-0.2, -0.15) is 0 Å². The van der Waals surface area contributed by atoms with E-state index in [-0.39, 0.29) is 22.5 Å². The molecule has 0 aliphatic heterocycles. The summed E-state index contributed by atoms with van der Waals surface area (Å²) in [5, 5.41) is 0.270. The van der Waals surface area contributed by atoms with E-state index in [2.05, 4.69) is 9.97 Å². The predicted octanol–water partition coefficient (Wildman–Crippen LogP) is 2.90. The van der Waals surface area contributed by atoms with Crippen LogP contribution in [-0.2, 0) is 6.42 Å². The number of hydrogen-bond donors (Lipinski definition) is 1. The van der Waals surface area contributed by atoms with E-state index < -0.39 is 0 Å². The fraction of sp³-hybridized carbons (Fsp3) is 0.389. The van der Waals surface area contributed by atoms with Crippen molar-refractivity contribution < 1.29 is 4.79 Å². The molecule has 6 heteroatoms. The van der Waals surface area contributed by atoms with Gasteiger partial charge in [0.25, 0.3) is 5.91 Å². The van der Waals surface area contributed by atoms with Gasteiger partial charge in [0, 0.05) is 25.6 Å². The highest BCUT2D eigenvalue weighted by Gasteiger charge is 2.21. The Balaban J connectivity index is 2.17. The zero-order valence-corrected chi connectivity index (χ0v) is 14.8. The van der Waals surface area contributed by atoms with Gasteiger partial charge < -0.3 is 10.6 Å². The van der Waals surface area contributed by atoms with E-state index in [1.807, 2.05) is 44.2 Å². The summed E-state index contributed by atoms with van der Waals surface area (Å²) in [6, 6.07) is 10.0. The number of benzene rings is 1. The van der Waals surface area contributed by atoms with E-state index in [0.717, 1.165) is 6.42 Å². The maximum Gasteiger partial charge on any atom is 0.274 e. The average Bonchev–Trinajstić information content (AvgIpc) is 2.59. The first kappa shape index (κ1) is 18.4. The molecule has 24 heavy (non-hydrogen) atoms. The van der Waals surface area contributed by atoms with Crippen LogP contribution in [0.5, 0.6) is 0 Å². The summed E-state index contributed by atoms with van der Waals surface area (Å²) >= 11 is 6.15. The highest BCUT2D eigenvalue weighted by Crippen LogP contribution is 2.18. The fourth-order valence-electron chi connectivity index (χ4n) is 2.34. The minimum Gasteiger partial charge on any atom is -0.336 e. The van der Waals surface area contributed by atoms with E-state index in [1.165, 1.54) is 11.8 Å². The lowest BCUT2D eigenvalue weighted by atomic mass is 10.1. The minimum atomic E-state index is -0.203. The van der Waals surface area contributed by atoms with E-state index >= 15 is 0 Å². The maximum atomic E-state index is 12.8. The highest BCUT2D eigenvalue weighted by molar-refractivity contribution is 6.33. The van der Waals surface area contributed by atoms with Gasteiger partial charge in [-0.1, -0.05) is 55.8 Å². The Bertz CT molecular complexity index is 676. The summed E-state index contributed by atoms with van der Waals surface area (Å²) in [4.78, 5) is 23.1. The first-order chi connectivity index (χ1) is 11.5. The molecule has 1 heterocycles. The number of nitrogens with two attached hydrogens (primary N) is 1. The molecule has 0 spiro atoms. The van der Waals surface area contributed by atoms with Crippen molar-refractivity contribution in [3.8, 4) is 0 Å². The number of aromatic nitrogens is 2.